The average Bonchev–Trinajstić information content (AvgIpc) is 2.43. The Hall–Kier alpha value is -0.910. The van der Waals surface area contributed by atoms with E-state index in [-0.39, 0.29) is 18.4 Å². The Morgan fingerprint density at radius 2 is 1.90 bits per heavy atom. The van der Waals surface area contributed by atoms with Crippen molar-refractivity contribution in [3.63, 3.8) is 0 Å². The summed E-state index contributed by atoms with van der Waals surface area (Å²) in [6.45, 7) is 2.02. The van der Waals surface area contributed by atoms with Gasteiger partial charge in [0.2, 0.25) is 11.8 Å². The highest BCUT2D eigenvalue weighted by molar-refractivity contribution is 7.99. The van der Waals surface area contributed by atoms with Gasteiger partial charge in [-0.15, -0.1) is 0 Å². The number of hydrogen-bond acceptors (Lipinski definition) is 3. The van der Waals surface area contributed by atoms with Crippen LogP contribution in [0.3, 0.4) is 0 Å². The third-order valence-electron chi connectivity index (χ3n) is 2.61. The van der Waals surface area contributed by atoms with Gasteiger partial charge in [0.15, 0.2) is 0 Å². The number of hydrogen-bond donors (Lipinski definition) is 1. The molecule has 1 aromatic carbocycles. The number of benzene rings is 1. The molecule has 0 aliphatic heterocycles. The van der Waals surface area contributed by atoms with Gasteiger partial charge in [-0.05, 0) is 24.3 Å². The van der Waals surface area contributed by atoms with Crippen LogP contribution in [0.25, 0.3) is 0 Å². The van der Waals surface area contributed by atoms with Crippen LogP contribution in [0.1, 0.15) is 13.3 Å². The first-order valence-corrected chi connectivity index (χ1v) is 8.42. The minimum atomic E-state index is -0.332. The molecule has 1 aromatic rings. The largest absolute Gasteiger partial charge is 0.336 e. The number of para-hydroxylation sites is 1. The van der Waals surface area contributed by atoms with Gasteiger partial charge in [0.25, 0.3) is 0 Å². The van der Waals surface area contributed by atoms with Crippen LogP contribution < -0.4 is 5.32 Å². The molecular weight excluding hydrogens is 331 g/mol. The van der Waals surface area contributed by atoms with Crippen molar-refractivity contribution in [2.45, 2.75) is 13.3 Å². The van der Waals surface area contributed by atoms with Crippen molar-refractivity contribution < 1.29 is 9.59 Å². The molecule has 1 N–H and O–H groups in total. The standard InChI is InChI=1S/C14H18Cl2N2O2S/c1-3-7-21-9-13(20)18(2)8-12(19)17-14-10(15)5-4-6-11(14)16/h4-6H,3,7-9H2,1-2H3,(H,17,19). The van der Waals surface area contributed by atoms with Gasteiger partial charge in [0, 0.05) is 7.05 Å². The third kappa shape index (κ3) is 6.16. The van der Waals surface area contributed by atoms with Gasteiger partial charge in [-0.25, -0.2) is 0 Å². The number of carbonyl (C=O) groups is 2. The second-order valence-electron chi connectivity index (χ2n) is 4.45. The summed E-state index contributed by atoms with van der Waals surface area (Å²) in [5, 5.41) is 3.36. The van der Waals surface area contributed by atoms with Gasteiger partial charge in [-0.1, -0.05) is 36.2 Å². The molecule has 0 bridgehead atoms. The zero-order valence-electron chi connectivity index (χ0n) is 12.0. The Kier molecular flexibility index (Phi) is 7.93. The van der Waals surface area contributed by atoms with Crippen LogP contribution in [0.4, 0.5) is 5.69 Å². The Morgan fingerprint density at radius 1 is 1.29 bits per heavy atom. The number of anilines is 1. The van der Waals surface area contributed by atoms with Crippen LogP contribution in [0, 0.1) is 0 Å². The summed E-state index contributed by atoms with van der Waals surface area (Å²) in [5.74, 6) is 0.904. The van der Waals surface area contributed by atoms with Gasteiger partial charge >= 0.3 is 0 Å². The molecule has 0 spiro atoms. The summed E-state index contributed by atoms with van der Waals surface area (Å²) in [5.41, 5.74) is 0.368. The van der Waals surface area contributed by atoms with Gasteiger partial charge in [0.1, 0.15) is 0 Å². The van der Waals surface area contributed by atoms with Gasteiger partial charge in [0.05, 0.1) is 28.0 Å². The van der Waals surface area contributed by atoms with Crippen molar-refractivity contribution in [3.8, 4) is 0 Å². The van der Waals surface area contributed by atoms with Crippen molar-refractivity contribution in [1.29, 1.82) is 0 Å². The topological polar surface area (TPSA) is 49.4 Å². The predicted molar refractivity (Wildman–Crippen MR) is 90.3 cm³/mol. The molecule has 2 amide bonds. The molecule has 0 heterocycles. The normalized spacial score (nSPS) is 10.3. The monoisotopic (exact) mass is 348 g/mol. The first kappa shape index (κ1) is 18.1. The van der Waals surface area contributed by atoms with E-state index in [4.69, 9.17) is 23.2 Å². The van der Waals surface area contributed by atoms with Crippen LogP contribution >= 0.6 is 35.0 Å². The van der Waals surface area contributed by atoms with Crippen LogP contribution in [-0.4, -0.2) is 41.8 Å². The smallest absolute Gasteiger partial charge is 0.244 e. The lowest BCUT2D eigenvalue weighted by atomic mass is 10.3. The van der Waals surface area contributed by atoms with Crippen molar-refractivity contribution >= 4 is 52.5 Å². The maximum absolute atomic E-state index is 11.9. The van der Waals surface area contributed by atoms with E-state index < -0.39 is 0 Å². The molecule has 0 fully saturated rings. The highest BCUT2D eigenvalue weighted by Gasteiger charge is 2.15. The van der Waals surface area contributed by atoms with Crippen LogP contribution in [0.5, 0.6) is 0 Å². The van der Waals surface area contributed by atoms with Crippen LogP contribution in [-0.2, 0) is 9.59 Å². The second-order valence-corrected chi connectivity index (χ2v) is 6.37. The van der Waals surface area contributed by atoms with Gasteiger partial charge in [-0.2, -0.15) is 11.8 Å². The number of halogens is 2. The summed E-state index contributed by atoms with van der Waals surface area (Å²) >= 11 is 13.5. The van der Waals surface area contributed by atoms with E-state index in [1.165, 1.54) is 4.90 Å². The minimum absolute atomic E-state index is 0.0347. The highest BCUT2D eigenvalue weighted by Crippen LogP contribution is 2.29. The summed E-state index contributed by atoms with van der Waals surface area (Å²) in [4.78, 5) is 25.1. The molecule has 0 saturated carbocycles. The summed E-state index contributed by atoms with van der Waals surface area (Å²) in [6, 6.07) is 4.97. The molecule has 0 aliphatic carbocycles. The molecule has 0 radical (unpaired) electrons. The number of rotatable bonds is 7. The zero-order chi connectivity index (χ0) is 15.8. The van der Waals surface area contributed by atoms with E-state index in [1.807, 2.05) is 0 Å². The van der Waals surface area contributed by atoms with E-state index in [9.17, 15) is 9.59 Å². The number of thioether (sulfide) groups is 1. The first-order valence-electron chi connectivity index (χ1n) is 6.51. The van der Waals surface area contributed by atoms with E-state index in [2.05, 4.69) is 12.2 Å². The predicted octanol–water partition coefficient (Wildman–Crippen LogP) is 3.53. The van der Waals surface area contributed by atoms with Crippen molar-refractivity contribution in [2.24, 2.45) is 0 Å². The van der Waals surface area contributed by atoms with Crippen LogP contribution in [0.2, 0.25) is 10.0 Å². The molecule has 0 aliphatic rings. The van der Waals surface area contributed by atoms with Gasteiger partial charge in [-0.3, -0.25) is 9.59 Å². The maximum Gasteiger partial charge on any atom is 0.244 e. The number of nitrogens with one attached hydrogen (secondary N) is 1. The summed E-state index contributed by atoms with van der Waals surface area (Å²) in [7, 11) is 1.60. The third-order valence-corrected chi connectivity index (χ3v) is 4.39. The van der Waals surface area contributed by atoms with E-state index >= 15 is 0 Å². The van der Waals surface area contributed by atoms with Crippen molar-refractivity contribution in [3.05, 3.63) is 28.2 Å². The number of nitrogens with zero attached hydrogens (tertiary/aromatic N) is 1. The van der Waals surface area contributed by atoms with E-state index in [0.717, 1.165) is 12.2 Å². The molecule has 0 aromatic heterocycles. The lowest BCUT2D eigenvalue weighted by Gasteiger charge is -2.17. The Bertz CT molecular complexity index is 491. The molecule has 21 heavy (non-hydrogen) atoms. The molecule has 0 unspecified atom stereocenters. The molecule has 0 atom stereocenters. The number of likely N-dealkylation sites (N-methyl/N-ethyl adjacent to an activating group) is 1. The number of carbonyl (C=O) groups excluding carboxylic acids is 2. The lowest BCUT2D eigenvalue weighted by molar-refractivity contribution is -0.131. The average molecular weight is 349 g/mol. The van der Waals surface area contributed by atoms with E-state index in [0.29, 0.717) is 21.5 Å². The van der Waals surface area contributed by atoms with Crippen molar-refractivity contribution in [1.82, 2.24) is 4.90 Å². The zero-order valence-corrected chi connectivity index (χ0v) is 14.3. The fourth-order valence-corrected chi connectivity index (χ4v) is 2.83. The lowest BCUT2D eigenvalue weighted by Crippen LogP contribution is -2.36. The minimum Gasteiger partial charge on any atom is -0.336 e. The highest BCUT2D eigenvalue weighted by atomic mass is 35.5. The Balaban J connectivity index is 2.51. The SMILES string of the molecule is CCCSCC(=O)N(C)CC(=O)Nc1c(Cl)cccc1Cl. The van der Waals surface area contributed by atoms with E-state index in [1.54, 1.807) is 37.0 Å². The molecular formula is C14H18Cl2N2O2S. The molecule has 116 valence electrons. The fraction of sp³-hybridized carbons (Fsp3) is 0.429. The Labute approximate surface area is 139 Å². The second kappa shape index (κ2) is 9.18. The summed E-state index contributed by atoms with van der Waals surface area (Å²) in [6.07, 6.45) is 1.02. The van der Waals surface area contributed by atoms with Crippen molar-refractivity contribution in [2.75, 3.05) is 30.4 Å². The molecule has 1 rings (SSSR count). The van der Waals surface area contributed by atoms with Crippen LogP contribution in [0.15, 0.2) is 18.2 Å². The molecule has 4 nitrogen and oxygen atoms in total. The molecule has 7 heteroatoms. The quantitative estimate of drug-likeness (QED) is 0.766. The maximum atomic E-state index is 11.9. The molecule has 0 saturated heterocycles. The Morgan fingerprint density at radius 3 is 2.48 bits per heavy atom. The fourth-order valence-electron chi connectivity index (χ4n) is 1.51. The summed E-state index contributed by atoms with van der Waals surface area (Å²) < 4.78 is 0. The van der Waals surface area contributed by atoms with Gasteiger partial charge < -0.3 is 10.2 Å². The number of amides is 2. The first-order chi connectivity index (χ1) is 9.95.